The molecule has 0 saturated heterocycles. The molecule has 0 saturated carbocycles. The zero-order valence-electron chi connectivity index (χ0n) is 11.2. The van der Waals surface area contributed by atoms with Gasteiger partial charge in [-0.1, -0.05) is 33.1 Å². The molecule has 0 aromatic carbocycles. The van der Waals surface area contributed by atoms with Gasteiger partial charge in [0.05, 0.1) is 12.2 Å². The number of aliphatic hydroxyl groups is 1. The lowest BCUT2D eigenvalue weighted by molar-refractivity contribution is -0.0329. The van der Waals surface area contributed by atoms with Crippen LogP contribution in [0.25, 0.3) is 0 Å². The van der Waals surface area contributed by atoms with Crippen molar-refractivity contribution in [3.05, 3.63) is 0 Å². The summed E-state index contributed by atoms with van der Waals surface area (Å²) < 4.78 is 5.49. The van der Waals surface area contributed by atoms with Crippen molar-refractivity contribution in [2.45, 2.75) is 58.5 Å². The quantitative estimate of drug-likeness (QED) is 0.536. The van der Waals surface area contributed by atoms with Crippen LogP contribution in [0, 0.1) is 0 Å². The summed E-state index contributed by atoms with van der Waals surface area (Å²) >= 11 is 0. The molecule has 1 atom stereocenters. The summed E-state index contributed by atoms with van der Waals surface area (Å²) in [5.74, 6) is 0. The molecule has 0 aliphatic rings. The summed E-state index contributed by atoms with van der Waals surface area (Å²) in [5.41, 5.74) is -0.736. The number of ether oxygens (including phenoxy) is 1. The normalized spacial score (nSPS) is 15.0. The van der Waals surface area contributed by atoms with E-state index in [2.05, 4.69) is 19.2 Å². The lowest BCUT2D eigenvalue weighted by Gasteiger charge is -2.23. The van der Waals surface area contributed by atoms with E-state index in [0.29, 0.717) is 13.2 Å². The first-order valence-corrected chi connectivity index (χ1v) is 6.63. The second kappa shape index (κ2) is 10.1. The molecule has 16 heavy (non-hydrogen) atoms. The molecule has 0 fully saturated rings. The summed E-state index contributed by atoms with van der Waals surface area (Å²) in [6.45, 7) is 8.89. The lowest BCUT2D eigenvalue weighted by atomic mass is 10.1. The summed E-state index contributed by atoms with van der Waals surface area (Å²) in [7, 11) is 0. The molecule has 0 aliphatic carbocycles. The first-order valence-electron chi connectivity index (χ1n) is 6.63. The van der Waals surface area contributed by atoms with E-state index in [1.165, 1.54) is 19.3 Å². The number of hydrogen-bond acceptors (Lipinski definition) is 3. The Labute approximate surface area is 101 Å². The van der Waals surface area contributed by atoms with Gasteiger partial charge in [0.25, 0.3) is 0 Å². The molecule has 1 unspecified atom stereocenters. The maximum Gasteiger partial charge on any atom is 0.0975 e. The number of nitrogens with one attached hydrogen (secondary N) is 1. The van der Waals surface area contributed by atoms with Gasteiger partial charge >= 0.3 is 0 Å². The van der Waals surface area contributed by atoms with Crippen molar-refractivity contribution in [3.8, 4) is 0 Å². The molecular weight excluding hydrogens is 202 g/mol. The minimum Gasteiger partial charge on any atom is -0.386 e. The fourth-order valence-electron chi connectivity index (χ4n) is 1.51. The van der Waals surface area contributed by atoms with E-state index in [1.807, 2.05) is 6.92 Å². The molecule has 0 aliphatic heterocycles. The van der Waals surface area contributed by atoms with Crippen molar-refractivity contribution in [2.75, 3.05) is 26.3 Å². The van der Waals surface area contributed by atoms with Crippen LogP contribution in [0.1, 0.15) is 52.9 Å². The van der Waals surface area contributed by atoms with Crippen molar-refractivity contribution in [3.63, 3.8) is 0 Å². The zero-order valence-corrected chi connectivity index (χ0v) is 11.2. The van der Waals surface area contributed by atoms with Crippen LogP contribution in [-0.4, -0.2) is 37.0 Å². The largest absolute Gasteiger partial charge is 0.386 e. The van der Waals surface area contributed by atoms with Crippen LogP contribution in [-0.2, 0) is 4.74 Å². The van der Waals surface area contributed by atoms with Gasteiger partial charge in [-0.25, -0.2) is 0 Å². The number of hydrogen-bond donors (Lipinski definition) is 2. The predicted octanol–water partition coefficient (Wildman–Crippen LogP) is 2.33. The van der Waals surface area contributed by atoms with E-state index in [4.69, 9.17) is 4.74 Å². The third-order valence-corrected chi connectivity index (χ3v) is 2.49. The standard InChI is InChI=1S/C13H29NO2/c1-4-6-7-8-10-16-12-13(3,15)11-14-9-5-2/h14-15H,4-12H2,1-3H3. The van der Waals surface area contributed by atoms with Gasteiger partial charge in [0.15, 0.2) is 0 Å². The lowest BCUT2D eigenvalue weighted by Crippen LogP contribution is -2.42. The predicted molar refractivity (Wildman–Crippen MR) is 68.7 cm³/mol. The van der Waals surface area contributed by atoms with Crippen LogP contribution in [0.3, 0.4) is 0 Å². The Kier molecular flexibility index (Phi) is 9.99. The van der Waals surface area contributed by atoms with Crippen LogP contribution in [0.5, 0.6) is 0 Å². The molecule has 0 heterocycles. The van der Waals surface area contributed by atoms with E-state index >= 15 is 0 Å². The Morgan fingerprint density at radius 3 is 2.50 bits per heavy atom. The molecule has 0 bridgehead atoms. The van der Waals surface area contributed by atoms with Crippen LogP contribution in [0.15, 0.2) is 0 Å². The van der Waals surface area contributed by atoms with Gasteiger partial charge < -0.3 is 15.2 Å². The Morgan fingerprint density at radius 1 is 1.12 bits per heavy atom. The summed E-state index contributed by atoms with van der Waals surface area (Å²) in [6.07, 6.45) is 5.95. The molecule has 0 aromatic heterocycles. The van der Waals surface area contributed by atoms with Crippen LogP contribution in [0.4, 0.5) is 0 Å². The van der Waals surface area contributed by atoms with Gasteiger partial charge in [-0.3, -0.25) is 0 Å². The highest BCUT2D eigenvalue weighted by molar-refractivity contribution is 4.74. The Morgan fingerprint density at radius 2 is 1.88 bits per heavy atom. The van der Waals surface area contributed by atoms with E-state index in [1.54, 1.807) is 0 Å². The van der Waals surface area contributed by atoms with E-state index in [9.17, 15) is 5.11 Å². The highest BCUT2D eigenvalue weighted by Gasteiger charge is 2.19. The molecular formula is C13H29NO2. The smallest absolute Gasteiger partial charge is 0.0975 e. The second-order valence-corrected chi connectivity index (χ2v) is 4.79. The van der Waals surface area contributed by atoms with Crippen molar-refractivity contribution < 1.29 is 9.84 Å². The number of unbranched alkanes of at least 4 members (excludes halogenated alkanes) is 3. The van der Waals surface area contributed by atoms with Gasteiger partial charge in [-0.2, -0.15) is 0 Å². The highest BCUT2D eigenvalue weighted by atomic mass is 16.5. The fourth-order valence-corrected chi connectivity index (χ4v) is 1.51. The molecule has 0 radical (unpaired) electrons. The molecule has 0 aromatic rings. The fraction of sp³-hybridized carbons (Fsp3) is 1.00. The molecule has 0 rings (SSSR count). The summed E-state index contributed by atoms with van der Waals surface area (Å²) in [6, 6.07) is 0. The third kappa shape index (κ3) is 10.4. The Bertz CT molecular complexity index is 149. The zero-order chi connectivity index (χ0) is 12.3. The molecule has 3 nitrogen and oxygen atoms in total. The topological polar surface area (TPSA) is 41.5 Å². The van der Waals surface area contributed by atoms with Gasteiger partial charge in [0, 0.05) is 13.2 Å². The average Bonchev–Trinajstić information content (AvgIpc) is 2.23. The summed E-state index contributed by atoms with van der Waals surface area (Å²) in [4.78, 5) is 0. The van der Waals surface area contributed by atoms with Gasteiger partial charge in [-0.05, 0) is 26.3 Å². The van der Waals surface area contributed by atoms with Crippen molar-refractivity contribution in [2.24, 2.45) is 0 Å². The van der Waals surface area contributed by atoms with E-state index in [-0.39, 0.29) is 0 Å². The van der Waals surface area contributed by atoms with Crippen LogP contribution < -0.4 is 5.32 Å². The molecule has 3 heteroatoms. The molecule has 2 N–H and O–H groups in total. The maximum absolute atomic E-state index is 9.96. The van der Waals surface area contributed by atoms with Crippen molar-refractivity contribution in [1.29, 1.82) is 0 Å². The van der Waals surface area contributed by atoms with E-state index < -0.39 is 5.60 Å². The van der Waals surface area contributed by atoms with Crippen molar-refractivity contribution in [1.82, 2.24) is 5.32 Å². The van der Waals surface area contributed by atoms with Crippen LogP contribution >= 0.6 is 0 Å². The van der Waals surface area contributed by atoms with E-state index in [0.717, 1.165) is 26.0 Å². The van der Waals surface area contributed by atoms with Gasteiger partial charge in [-0.15, -0.1) is 0 Å². The Hall–Kier alpha value is -0.120. The Balaban J connectivity index is 3.35. The minimum absolute atomic E-state index is 0.426. The van der Waals surface area contributed by atoms with Gasteiger partial charge in [0.1, 0.15) is 0 Å². The minimum atomic E-state index is -0.736. The molecule has 0 amide bonds. The van der Waals surface area contributed by atoms with Gasteiger partial charge in [0.2, 0.25) is 0 Å². The first kappa shape index (κ1) is 15.9. The average molecular weight is 231 g/mol. The summed E-state index contributed by atoms with van der Waals surface area (Å²) in [5, 5.41) is 13.2. The molecule has 0 spiro atoms. The number of rotatable bonds is 11. The first-order chi connectivity index (χ1) is 7.62. The monoisotopic (exact) mass is 231 g/mol. The second-order valence-electron chi connectivity index (χ2n) is 4.79. The van der Waals surface area contributed by atoms with Crippen LogP contribution in [0.2, 0.25) is 0 Å². The maximum atomic E-state index is 9.96. The molecule has 98 valence electrons. The third-order valence-electron chi connectivity index (χ3n) is 2.49. The van der Waals surface area contributed by atoms with Crippen molar-refractivity contribution >= 4 is 0 Å². The SMILES string of the molecule is CCCCCCOCC(C)(O)CNCCC. The highest BCUT2D eigenvalue weighted by Crippen LogP contribution is 2.04.